The first-order chi connectivity index (χ1) is 7.17. The lowest BCUT2D eigenvalue weighted by molar-refractivity contribution is 0.518. The van der Waals surface area contributed by atoms with Crippen LogP contribution in [0, 0.1) is 0 Å². The molecule has 1 aromatic heterocycles. The molecule has 86 valence electrons. The maximum atomic E-state index is 5.68. The summed E-state index contributed by atoms with van der Waals surface area (Å²) in [6.07, 6.45) is 1.99. The van der Waals surface area contributed by atoms with E-state index in [2.05, 4.69) is 30.3 Å². The summed E-state index contributed by atoms with van der Waals surface area (Å²) in [5.41, 5.74) is 2.38. The molecule has 1 heterocycles. The average molecular weight is 230 g/mol. The Morgan fingerprint density at radius 2 is 2.33 bits per heavy atom. The van der Waals surface area contributed by atoms with Gasteiger partial charge < -0.3 is 5.32 Å². The molecule has 1 unspecified atom stereocenters. The van der Waals surface area contributed by atoms with Crippen molar-refractivity contribution in [2.45, 2.75) is 39.3 Å². The van der Waals surface area contributed by atoms with E-state index in [0.717, 1.165) is 25.1 Å². The van der Waals surface area contributed by atoms with Gasteiger partial charge in [-0.3, -0.25) is 4.68 Å². The summed E-state index contributed by atoms with van der Waals surface area (Å²) in [6, 6.07) is 2.61. The van der Waals surface area contributed by atoms with Gasteiger partial charge in [-0.15, -0.1) is 11.6 Å². The monoisotopic (exact) mass is 229 g/mol. The van der Waals surface area contributed by atoms with E-state index in [1.807, 2.05) is 11.7 Å². The van der Waals surface area contributed by atoms with Gasteiger partial charge >= 0.3 is 0 Å². The SMILES string of the molecule is CCc1cc(CNC(C)CCCl)n(C)n1. The van der Waals surface area contributed by atoms with Gasteiger partial charge in [-0.2, -0.15) is 5.10 Å². The molecule has 0 saturated carbocycles. The fourth-order valence-corrected chi connectivity index (χ4v) is 1.78. The minimum Gasteiger partial charge on any atom is -0.309 e. The molecule has 15 heavy (non-hydrogen) atoms. The largest absolute Gasteiger partial charge is 0.309 e. The Kier molecular flexibility index (Phi) is 5.12. The highest BCUT2D eigenvalue weighted by Gasteiger charge is 2.05. The third kappa shape index (κ3) is 3.84. The molecule has 1 rings (SSSR count). The summed E-state index contributed by atoms with van der Waals surface area (Å²) in [7, 11) is 1.99. The summed E-state index contributed by atoms with van der Waals surface area (Å²) in [5, 5.41) is 7.84. The van der Waals surface area contributed by atoms with E-state index < -0.39 is 0 Å². The van der Waals surface area contributed by atoms with Crippen LogP contribution in [-0.2, 0) is 20.0 Å². The first-order valence-electron chi connectivity index (χ1n) is 5.48. The van der Waals surface area contributed by atoms with Crippen molar-refractivity contribution in [3.05, 3.63) is 17.5 Å². The van der Waals surface area contributed by atoms with Gasteiger partial charge in [0.25, 0.3) is 0 Å². The second kappa shape index (κ2) is 6.13. The van der Waals surface area contributed by atoms with Crippen LogP contribution >= 0.6 is 11.6 Å². The van der Waals surface area contributed by atoms with E-state index in [9.17, 15) is 0 Å². The maximum absolute atomic E-state index is 5.68. The molecule has 0 spiro atoms. The lowest BCUT2D eigenvalue weighted by atomic mass is 10.2. The summed E-state index contributed by atoms with van der Waals surface area (Å²) in [5.74, 6) is 0.708. The van der Waals surface area contributed by atoms with Crippen molar-refractivity contribution in [3.8, 4) is 0 Å². The van der Waals surface area contributed by atoms with Crippen molar-refractivity contribution in [3.63, 3.8) is 0 Å². The van der Waals surface area contributed by atoms with E-state index in [-0.39, 0.29) is 0 Å². The van der Waals surface area contributed by atoms with Gasteiger partial charge in [0.05, 0.1) is 11.4 Å². The van der Waals surface area contributed by atoms with Gasteiger partial charge in [0.1, 0.15) is 0 Å². The van der Waals surface area contributed by atoms with E-state index in [1.165, 1.54) is 5.69 Å². The molecule has 0 aliphatic rings. The van der Waals surface area contributed by atoms with Crippen molar-refractivity contribution >= 4 is 11.6 Å². The van der Waals surface area contributed by atoms with Crippen LogP contribution in [0.25, 0.3) is 0 Å². The fourth-order valence-electron chi connectivity index (χ4n) is 1.45. The molecular formula is C11H20ClN3. The van der Waals surface area contributed by atoms with Crippen molar-refractivity contribution < 1.29 is 0 Å². The fraction of sp³-hybridized carbons (Fsp3) is 0.727. The quantitative estimate of drug-likeness (QED) is 0.758. The molecule has 0 aromatic carbocycles. The Morgan fingerprint density at radius 1 is 1.60 bits per heavy atom. The van der Waals surface area contributed by atoms with Crippen LogP contribution in [0.1, 0.15) is 31.7 Å². The van der Waals surface area contributed by atoms with Crippen LogP contribution in [0.15, 0.2) is 6.07 Å². The van der Waals surface area contributed by atoms with Gasteiger partial charge in [-0.25, -0.2) is 0 Å². The summed E-state index contributed by atoms with van der Waals surface area (Å²) < 4.78 is 1.94. The van der Waals surface area contributed by atoms with E-state index in [0.29, 0.717) is 11.9 Å². The third-order valence-electron chi connectivity index (χ3n) is 2.56. The van der Waals surface area contributed by atoms with Crippen LogP contribution in [0.5, 0.6) is 0 Å². The Labute approximate surface area is 96.8 Å². The molecule has 0 aliphatic carbocycles. The summed E-state index contributed by atoms with van der Waals surface area (Å²) in [4.78, 5) is 0. The highest BCUT2D eigenvalue weighted by molar-refractivity contribution is 6.17. The standard InChI is InChI=1S/C11H20ClN3/c1-4-10-7-11(15(3)14-10)8-13-9(2)5-6-12/h7,9,13H,4-6,8H2,1-3H3. The van der Waals surface area contributed by atoms with Crippen LogP contribution < -0.4 is 5.32 Å². The zero-order valence-electron chi connectivity index (χ0n) is 9.76. The minimum absolute atomic E-state index is 0.461. The van der Waals surface area contributed by atoms with E-state index in [1.54, 1.807) is 0 Å². The number of nitrogens with zero attached hydrogens (tertiary/aromatic N) is 2. The predicted molar refractivity (Wildman–Crippen MR) is 64.2 cm³/mol. The molecule has 3 nitrogen and oxygen atoms in total. The van der Waals surface area contributed by atoms with Crippen LogP contribution in [0.2, 0.25) is 0 Å². The molecule has 0 saturated heterocycles. The Bertz CT molecular complexity index is 296. The number of hydrogen-bond acceptors (Lipinski definition) is 2. The number of aromatic nitrogens is 2. The van der Waals surface area contributed by atoms with Gasteiger partial charge in [-0.05, 0) is 25.8 Å². The molecule has 4 heteroatoms. The minimum atomic E-state index is 0.461. The van der Waals surface area contributed by atoms with Crippen molar-refractivity contribution in [2.24, 2.45) is 7.05 Å². The highest BCUT2D eigenvalue weighted by Crippen LogP contribution is 2.04. The van der Waals surface area contributed by atoms with Gasteiger partial charge in [0, 0.05) is 25.5 Å². The topological polar surface area (TPSA) is 29.9 Å². The van der Waals surface area contributed by atoms with E-state index >= 15 is 0 Å². The number of hydrogen-bond donors (Lipinski definition) is 1. The second-order valence-corrected chi connectivity index (χ2v) is 4.24. The Balaban J connectivity index is 2.46. The third-order valence-corrected chi connectivity index (χ3v) is 2.78. The van der Waals surface area contributed by atoms with Crippen molar-refractivity contribution in [2.75, 3.05) is 5.88 Å². The second-order valence-electron chi connectivity index (χ2n) is 3.86. The van der Waals surface area contributed by atoms with Crippen LogP contribution in [-0.4, -0.2) is 21.7 Å². The molecule has 0 fully saturated rings. The number of aryl methyl sites for hydroxylation is 2. The predicted octanol–water partition coefficient (Wildman–Crippen LogP) is 2.09. The van der Waals surface area contributed by atoms with Crippen molar-refractivity contribution in [1.82, 2.24) is 15.1 Å². The van der Waals surface area contributed by atoms with Gasteiger partial charge in [0.2, 0.25) is 0 Å². The lowest BCUT2D eigenvalue weighted by Crippen LogP contribution is -2.26. The summed E-state index contributed by atoms with van der Waals surface area (Å²) in [6.45, 7) is 5.14. The molecule has 1 atom stereocenters. The molecule has 0 amide bonds. The number of rotatable bonds is 6. The molecule has 0 aliphatic heterocycles. The lowest BCUT2D eigenvalue weighted by Gasteiger charge is -2.11. The van der Waals surface area contributed by atoms with Crippen LogP contribution in [0.4, 0.5) is 0 Å². The molecule has 0 radical (unpaired) electrons. The zero-order chi connectivity index (χ0) is 11.3. The van der Waals surface area contributed by atoms with Gasteiger partial charge in [-0.1, -0.05) is 6.92 Å². The maximum Gasteiger partial charge on any atom is 0.0625 e. The first-order valence-corrected chi connectivity index (χ1v) is 6.02. The molecular weight excluding hydrogens is 210 g/mol. The Hall–Kier alpha value is -0.540. The van der Waals surface area contributed by atoms with E-state index in [4.69, 9.17) is 11.6 Å². The van der Waals surface area contributed by atoms with Crippen molar-refractivity contribution in [1.29, 1.82) is 0 Å². The van der Waals surface area contributed by atoms with Crippen LogP contribution in [0.3, 0.4) is 0 Å². The smallest absolute Gasteiger partial charge is 0.0625 e. The average Bonchev–Trinajstić information content (AvgIpc) is 2.57. The Morgan fingerprint density at radius 3 is 2.87 bits per heavy atom. The number of nitrogens with one attached hydrogen (secondary N) is 1. The molecule has 0 bridgehead atoms. The summed E-state index contributed by atoms with van der Waals surface area (Å²) >= 11 is 5.68. The molecule has 1 aromatic rings. The number of halogens is 1. The van der Waals surface area contributed by atoms with Gasteiger partial charge in [0.15, 0.2) is 0 Å². The first kappa shape index (κ1) is 12.5. The highest BCUT2D eigenvalue weighted by atomic mass is 35.5. The molecule has 1 N–H and O–H groups in total. The zero-order valence-corrected chi connectivity index (χ0v) is 10.5. The normalized spacial score (nSPS) is 13.1. The number of alkyl halides is 1.